The third kappa shape index (κ3) is 4.97. The number of rotatable bonds is 5. The summed E-state index contributed by atoms with van der Waals surface area (Å²) in [4.78, 5) is 11.1. The predicted molar refractivity (Wildman–Crippen MR) is 90.5 cm³/mol. The molecule has 0 aliphatic carbocycles. The quantitative estimate of drug-likeness (QED) is 0.656. The molecule has 0 aliphatic rings. The van der Waals surface area contributed by atoms with E-state index in [1.807, 2.05) is 61.5 Å². The standard InChI is InChI=1S/C19H21NO3/c1-14-7-11-18(12-8-14)23-19-6-4-5-17(13-19)10-9-15(2)20(22)16(3)21/h4-13,15,22H,1-3H3/b10-9+. The molecule has 0 bridgehead atoms. The van der Waals surface area contributed by atoms with Crippen LogP contribution in [0.15, 0.2) is 54.6 Å². The second kappa shape index (κ2) is 7.61. The molecule has 1 amide bonds. The molecule has 4 nitrogen and oxygen atoms in total. The molecular weight excluding hydrogens is 290 g/mol. The van der Waals surface area contributed by atoms with Gasteiger partial charge in [-0.05, 0) is 43.7 Å². The molecule has 120 valence electrons. The maximum absolute atomic E-state index is 11.1. The number of carbonyl (C=O) groups is 1. The Balaban J connectivity index is 2.07. The summed E-state index contributed by atoms with van der Waals surface area (Å²) < 4.78 is 5.82. The van der Waals surface area contributed by atoms with Gasteiger partial charge in [0.1, 0.15) is 11.5 Å². The van der Waals surface area contributed by atoms with Crippen LogP contribution in [0.25, 0.3) is 6.08 Å². The molecule has 2 aromatic carbocycles. The van der Waals surface area contributed by atoms with Gasteiger partial charge >= 0.3 is 0 Å². The number of hydrogen-bond acceptors (Lipinski definition) is 3. The first kappa shape index (κ1) is 16.8. The van der Waals surface area contributed by atoms with Gasteiger partial charge in [-0.25, -0.2) is 5.06 Å². The van der Waals surface area contributed by atoms with Gasteiger partial charge in [0.2, 0.25) is 5.91 Å². The summed E-state index contributed by atoms with van der Waals surface area (Å²) >= 11 is 0. The van der Waals surface area contributed by atoms with Crippen LogP contribution in [-0.4, -0.2) is 22.2 Å². The van der Waals surface area contributed by atoms with E-state index in [4.69, 9.17) is 4.74 Å². The van der Waals surface area contributed by atoms with Gasteiger partial charge in [0.25, 0.3) is 0 Å². The Morgan fingerprint density at radius 3 is 2.52 bits per heavy atom. The number of hydrogen-bond donors (Lipinski definition) is 1. The molecule has 0 fully saturated rings. The fraction of sp³-hybridized carbons (Fsp3) is 0.211. The van der Waals surface area contributed by atoms with Crippen molar-refractivity contribution in [2.24, 2.45) is 0 Å². The van der Waals surface area contributed by atoms with Crippen LogP contribution in [0.5, 0.6) is 11.5 Å². The highest BCUT2D eigenvalue weighted by Crippen LogP contribution is 2.23. The van der Waals surface area contributed by atoms with Gasteiger partial charge in [0, 0.05) is 6.92 Å². The molecule has 1 N–H and O–H groups in total. The molecule has 0 saturated heterocycles. The van der Waals surface area contributed by atoms with Gasteiger partial charge < -0.3 is 4.74 Å². The molecule has 0 spiro atoms. The van der Waals surface area contributed by atoms with E-state index in [0.717, 1.165) is 17.1 Å². The van der Waals surface area contributed by atoms with Gasteiger partial charge in [-0.15, -0.1) is 0 Å². The zero-order valence-corrected chi connectivity index (χ0v) is 13.6. The Hall–Kier alpha value is -2.59. The van der Waals surface area contributed by atoms with E-state index < -0.39 is 11.9 Å². The summed E-state index contributed by atoms with van der Waals surface area (Å²) in [5.74, 6) is 1.12. The number of hydroxylamine groups is 2. The van der Waals surface area contributed by atoms with Crippen molar-refractivity contribution >= 4 is 12.0 Å². The number of aryl methyl sites for hydroxylation is 1. The van der Waals surface area contributed by atoms with Crippen molar-refractivity contribution in [3.8, 4) is 11.5 Å². The highest BCUT2D eigenvalue weighted by atomic mass is 16.5. The molecule has 23 heavy (non-hydrogen) atoms. The summed E-state index contributed by atoms with van der Waals surface area (Å²) in [6.45, 7) is 5.09. The maximum atomic E-state index is 11.1. The largest absolute Gasteiger partial charge is 0.457 e. The molecule has 1 unspecified atom stereocenters. The first-order valence-electron chi connectivity index (χ1n) is 7.47. The van der Waals surface area contributed by atoms with Crippen LogP contribution in [0, 0.1) is 6.92 Å². The minimum absolute atomic E-state index is 0.390. The Kier molecular flexibility index (Phi) is 5.55. The molecule has 0 radical (unpaired) electrons. The molecule has 0 aromatic heterocycles. The molecule has 0 aliphatic heterocycles. The van der Waals surface area contributed by atoms with E-state index in [1.165, 1.54) is 12.5 Å². The lowest BCUT2D eigenvalue weighted by atomic mass is 10.1. The van der Waals surface area contributed by atoms with Crippen molar-refractivity contribution in [2.45, 2.75) is 26.8 Å². The lowest BCUT2D eigenvalue weighted by Crippen LogP contribution is -2.32. The molecule has 0 saturated carbocycles. The van der Waals surface area contributed by atoms with Crippen LogP contribution >= 0.6 is 0 Å². The first-order valence-corrected chi connectivity index (χ1v) is 7.47. The summed E-state index contributed by atoms with van der Waals surface area (Å²) in [6.07, 6.45) is 3.60. The van der Waals surface area contributed by atoms with Crippen molar-refractivity contribution in [3.63, 3.8) is 0 Å². The summed E-state index contributed by atoms with van der Waals surface area (Å²) in [5.41, 5.74) is 2.11. The lowest BCUT2D eigenvalue weighted by Gasteiger charge is -2.17. The number of nitrogens with zero attached hydrogens (tertiary/aromatic N) is 1. The highest BCUT2D eigenvalue weighted by Gasteiger charge is 2.10. The number of ether oxygens (including phenoxy) is 1. The Morgan fingerprint density at radius 1 is 1.17 bits per heavy atom. The van der Waals surface area contributed by atoms with E-state index in [9.17, 15) is 10.0 Å². The van der Waals surface area contributed by atoms with Crippen molar-refractivity contribution in [1.82, 2.24) is 5.06 Å². The smallest absolute Gasteiger partial charge is 0.243 e. The maximum Gasteiger partial charge on any atom is 0.243 e. The molecule has 0 heterocycles. The average molecular weight is 311 g/mol. The summed E-state index contributed by atoms with van der Waals surface area (Å²) in [6, 6.07) is 15.1. The van der Waals surface area contributed by atoms with E-state index in [2.05, 4.69) is 0 Å². The van der Waals surface area contributed by atoms with Crippen molar-refractivity contribution in [1.29, 1.82) is 0 Å². The van der Waals surface area contributed by atoms with Crippen molar-refractivity contribution < 1.29 is 14.7 Å². The average Bonchev–Trinajstić information content (AvgIpc) is 2.54. The van der Waals surface area contributed by atoms with Crippen molar-refractivity contribution in [3.05, 3.63) is 65.7 Å². The minimum Gasteiger partial charge on any atom is -0.457 e. The van der Waals surface area contributed by atoms with E-state index in [1.54, 1.807) is 13.0 Å². The Labute approximate surface area is 136 Å². The number of benzene rings is 2. The predicted octanol–water partition coefficient (Wildman–Crippen LogP) is 4.43. The van der Waals surface area contributed by atoms with E-state index >= 15 is 0 Å². The third-order valence-corrected chi connectivity index (χ3v) is 3.39. The third-order valence-electron chi connectivity index (χ3n) is 3.39. The molecule has 2 rings (SSSR count). The zero-order chi connectivity index (χ0) is 16.8. The van der Waals surface area contributed by atoms with Gasteiger partial charge in [-0.1, -0.05) is 42.0 Å². The van der Waals surface area contributed by atoms with Crippen LogP contribution in [0.4, 0.5) is 0 Å². The van der Waals surface area contributed by atoms with E-state index in [0.29, 0.717) is 5.06 Å². The second-order valence-corrected chi connectivity index (χ2v) is 5.45. The van der Waals surface area contributed by atoms with E-state index in [-0.39, 0.29) is 0 Å². The van der Waals surface area contributed by atoms with Crippen LogP contribution in [0.1, 0.15) is 25.0 Å². The monoisotopic (exact) mass is 311 g/mol. The normalized spacial score (nSPS) is 12.2. The van der Waals surface area contributed by atoms with Crippen LogP contribution < -0.4 is 4.74 Å². The highest BCUT2D eigenvalue weighted by molar-refractivity contribution is 5.72. The van der Waals surface area contributed by atoms with Crippen LogP contribution in [-0.2, 0) is 4.79 Å². The molecular formula is C19H21NO3. The Morgan fingerprint density at radius 2 is 1.87 bits per heavy atom. The van der Waals surface area contributed by atoms with Gasteiger partial charge in [0.15, 0.2) is 0 Å². The number of carbonyl (C=O) groups excluding carboxylic acids is 1. The van der Waals surface area contributed by atoms with Crippen LogP contribution in [0.3, 0.4) is 0 Å². The fourth-order valence-corrected chi connectivity index (χ4v) is 2.04. The van der Waals surface area contributed by atoms with Crippen molar-refractivity contribution in [2.75, 3.05) is 0 Å². The van der Waals surface area contributed by atoms with Gasteiger partial charge in [-0.2, -0.15) is 0 Å². The number of amides is 1. The summed E-state index contributed by atoms with van der Waals surface area (Å²) in [7, 11) is 0. The first-order chi connectivity index (χ1) is 11.0. The van der Waals surface area contributed by atoms with Crippen LogP contribution in [0.2, 0.25) is 0 Å². The Bertz CT molecular complexity index is 692. The zero-order valence-electron chi connectivity index (χ0n) is 13.6. The SMILES string of the molecule is CC(=O)N(O)C(C)/C=C/c1cccc(Oc2ccc(C)cc2)c1. The second-order valence-electron chi connectivity index (χ2n) is 5.45. The van der Waals surface area contributed by atoms with Gasteiger partial charge in [0.05, 0.1) is 6.04 Å². The van der Waals surface area contributed by atoms with Gasteiger partial charge in [-0.3, -0.25) is 10.0 Å². The fourth-order valence-electron chi connectivity index (χ4n) is 2.04. The summed E-state index contributed by atoms with van der Waals surface area (Å²) in [5, 5.41) is 10.3. The lowest BCUT2D eigenvalue weighted by molar-refractivity contribution is -0.167. The topological polar surface area (TPSA) is 49.8 Å². The molecule has 1 atom stereocenters. The molecule has 4 heteroatoms. The minimum atomic E-state index is -0.394. The molecule has 2 aromatic rings.